The van der Waals surface area contributed by atoms with Gasteiger partial charge in [-0.1, -0.05) is 136 Å². The zero-order valence-corrected chi connectivity index (χ0v) is 29.8. The van der Waals surface area contributed by atoms with E-state index < -0.39 is 24.2 Å². The van der Waals surface area contributed by atoms with Crippen LogP contribution in [0.4, 0.5) is 4.79 Å². The van der Waals surface area contributed by atoms with Crippen LogP contribution in [0.1, 0.15) is 92.6 Å². The van der Waals surface area contributed by atoms with Gasteiger partial charge in [0.25, 0.3) is 0 Å². The third-order valence-electron chi connectivity index (χ3n) is 9.53. The van der Waals surface area contributed by atoms with Crippen molar-refractivity contribution in [2.45, 2.75) is 108 Å². The van der Waals surface area contributed by atoms with Crippen molar-refractivity contribution in [1.29, 1.82) is 0 Å². The molecule has 2 atom stereocenters. The molecule has 2 aliphatic carbocycles. The first-order valence-corrected chi connectivity index (χ1v) is 18.6. The molecule has 1 amide bonds. The number of aliphatic hydroxyl groups excluding tert-OH is 1. The first-order chi connectivity index (χ1) is 25.4. The number of rotatable bonds is 14. The zero-order valence-electron chi connectivity index (χ0n) is 29.8. The number of carbonyl (C=O) groups excluding carboxylic acids is 1. The molecule has 4 N–H and O–H groups in total. The number of carboxylic acid groups (broad SMARTS) is 1. The first kappa shape index (κ1) is 38.4. The van der Waals surface area contributed by atoms with Crippen molar-refractivity contribution in [3.8, 4) is 11.5 Å². The second-order valence-electron chi connectivity index (χ2n) is 13.6. The lowest BCUT2D eigenvalue weighted by molar-refractivity contribution is -0.142. The Morgan fingerprint density at radius 3 is 1.56 bits per heavy atom. The average molecular weight is 709 g/mol. The molecule has 0 aromatic heterocycles. The Balaban J connectivity index is 0.000000335. The molecule has 4 aromatic rings. The SMILES string of the molecule is C1CCC(NC2CCCCC2)CC1.O=C(N[C@H](C(=O)O)C(O)c1ccc(OCc2ccccc2)c(OCc2ccccc2)c1)OCc1ccccc1. The van der Waals surface area contributed by atoms with Crippen LogP contribution in [-0.4, -0.2) is 40.4 Å². The van der Waals surface area contributed by atoms with E-state index in [1.807, 2.05) is 66.7 Å². The topological polar surface area (TPSA) is 126 Å². The largest absolute Gasteiger partial charge is 0.485 e. The van der Waals surface area contributed by atoms with E-state index in [2.05, 4.69) is 10.6 Å². The lowest BCUT2D eigenvalue weighted by atomic mass is 9.91. The van der Waals surface area contributed by atoms with Crippen LogP contribution in [0.3, 0.4) is 0 Å². The summed E-state index contributed by atoms with van der Waals surface area (Å²) in [4.78, 5) is 24.3. The predicted molar refractivity (Wildman–Crippen MR) is 201 cm³/mol. The van der Waals surface area contributed by atoms with Crippen LogP contribution in [0.15, 0.2) is 109 Å². The predicted octanol–water partition coefficient (Wildman–Crippen LogP) is 8.50. The van der Waals surface area contributed by atoms with Crippen LogP contribution in [0.2, 0.25) is 0 Å². The molecular formula is C43H52N2O7. The standard InChI is InChI=1S/C31H29NO7.C12H23N/c33-29(28(30(34)35)32-31(36)39-21-24-14-8-3-9-15-24)25-16-17-26(37-19-22-10-4-1-5-11-22)27(18-25)38-20-23-12-6-2-7-13-23;1-3-7-11(8-4-1)13-12-9-5-2-6-10-12/h1-18,28-29,33H,19-21H2,(H,32,36)(H,34,35);11-13H,1-10H2/t28-,29?;/m0./s1. The number of ether oxygens (including phenoxy) is 3. The highest BCUT2D eigenvalue weighted by atomic mass is 16.5. The smallest absolute Gasteiger partial charge is 0.408 e. The summed E-state index contributed by atoms with van der Waals surface area (Å²) in [7, 11) is 0. The molecule has 52 heavy (non-hydrogen) atoms. The molecule has 6 rings (SSSR count). The summed E-state index contributed by atoms with van der Waals surface area (Å²) in [6, 6.07) is 32.8. The van der Waals surface area contributed by atoms with Gasteiger partial charge in [0.1, 0.15) is 25.9 Å². The first-order valence-electron chi connectivity index (χ1n) is 18.6. The van der Waals surface area contributed by atoms with Crippen molar-refractivity contribution in [3.05, 3.63) is 131 Å². The lowest BCUT2D eigenvalue weighted by Crippen LogP contribution is -2.45. The summed E-state index contributed by atoms with van der Waals surface area (Å²) in [5.74, 6) is -0.676. The van der Waals surface area contributed by atoms with E-state index in [1.165, 1.54) is 76.3 Å². The van der Waals surface area contributed by atoms with Crippen LogP contribution < -0.4 is 20.1 Å². The van der Waals surface area contributed by atoms with E-state index in [-0.39, 0.29) is 25.4 Å². The maximum atomic E-state index is 12.3. The molecule has 2 saturated carbocycles. The number of benzene rings is 4. The molecular weight excluding hydrogens is 656 g/mol. The zero-order chi connectivity index (χ0) is 36.4. The van der Waals surface area contributed by atoms with Crippen molar-refractivity contribution >= 4 is 12.1 Å². The Bertz CT molecular complexity index is 1610. The fourth-order valence-electron chi connectivity index (χ4n) is 6.64. The van der Waals surface area contributed by atoms with E-state index in [1.54, 1.807) is 30.3 Å². The summed E-state index contributed by atoms with van der Waals surface area (Å²) in [5.41, 5.74) is 2.84. The van der Waals surface area contributed by atoms with Gasteiger partial charge in [-0.15, -0.1) is 0 Å². The highest BCUT2D eigenvalue weighted by Gasteiger charge is 2.31. The van der Waals surface area contributed by atoms with Crippen LogP contribution in [-0.2, 0) is 29.4 Å². The minimum Gasteiger partial charge on any atom is -0.485 e. The number of alkyl carbamates (subject to hydrolysis) is 1. The van der Waals surface area contributed by atoms with Gasteiger partial charge in [0, 0.05) is 12.1 Å². The van der Waals surface area contributed by atoms with Gasteiger partial charge in [0.05, 0.1) is 0 Å². The average Bonchev–Trinajstić information content (AvgIpc) is 3.19. The molecule has 4 aromatic carbocycles. The molecule has 2 aliphatic rings. The third-order valence-corrected chi connectivity index (χ3v) is 9.53. The van der Waals surface area contributed by atoms with Gasteiger partial charge in [-0.3, -0.25) is 0 Å². The fourth-order valence-corrected chi connectivity index (χ4v) is 6.64. The van der Waals surface area contributed by atoms with Crippen molar-refractivity contribution in [2.75, 3.05) is 0 Å². The molecule has 0 heterocycles. The van der Waals surface area contributed by atoms with Gasteiger partial charge in [-0.25, -0.2) is 9.59 Å². The number of hydrogen-bond acceptors (Lipinski definition) is 7. The molecule has 0 bridgehead atoms. The van der Waals surface area contributed by atoms with Crippen molar-refractivity contribution < 1.29 is 34.0 Å². The molecule has 1 unspecified atom stereocenters. The number of hydrogen-bond donors (Lipinski definition) is 4. The number of aliphatic carboxylic acids is 1. The van der Waals surface area contributed by atoms with Gasteiger partial charge in [-0.05, 0) is 60.1 Å². The third kappa shape index (κ3) is 12.7. The number of aliphatic hydroxyl groups is 1. The Labute approximate surface area is 307 Å². The van der Waals surface area contributed by atoms with E-state index in [0.717, 1.165) is 28.8 Å². The van der Waals surface area contributed by atoms with Crippen LogP contribution >= 0.6 is 0 Å². The van der Waals surface area contributed by atoms with Crippen LogP contribution in [0.5, 0.6) is 11.5 Å². The number of amides is 1. The lowest BCUT2D eigenvalue weighted by Gasteiger charge is -2.30. The van der Waals surface area contributed by atoms with Gasteiger partial charge in [-0.2, -0.15) is 0 Å². The summed E-state index contributed by atoms with van der Waals surface area (Å²) < 4.78 is 17.1. The van der Waals surface area contributed by atoms with E-state index >= 15 is 0 Å². The van der Waals surface area contributed by atoms with Crippen molar-refractivity contribution in [3.63, 3.8) is 0 Å². The monoisotopic (exact) mass is 708 g/mol. The Hall–Kier alpha value is -4.86. The second-order valence-corrected chi connectivity index (χ2v) is 13.6. The summed E-state index contributed by atoms with van der Waals surface area (Å²) in [5, 5.41) is 26.8. The Kier molecular flexibility index (Phi) is 15.4. The maximum absolute atomic E-state index is 12.3. The van der Waals surface area contributed by atoms with Gasteiger partial charge in [0.15, 0.2) is 17.5 Å². The van der Waals surface area contributed by atoms with Crippen molar-refractivity contribution in [2.24, 2.45) is 0 Å². The molecule has 9 heteroatoms. The number of carboxylic acids is 1. The Morgan fingerprint density at radius 2 is 1.08 bits per heavy atom. The Morgan fingerprint density at radius 1 is 0.615 bits per heavy atom. The molecule has 9 nitrogen and oxygen atoms in total. The van der Waals surface area contributed by atoms with Crippen LogP contribution in [0.25, 0.3) is 0 Å². The molecule has 276 valence electrons. The second kappa shape index (κ2) is 20.9. The molecule has 0 saturated heterocycles. The normalized spacial score (nSPS) is 16.0. The number of carbonyl (C=O) groups is 2. The van der Waals surface area contributed by atoms with Crippen LogP contribution in [0, 0.1) is 0 Å². The minimum absolute atomic E-state index is 0.0416. The molecule has 0 radical (unpaired) electrons. The van der Waals surface area contributed by atoms with Crippen molar-refractivity contribution in [1.82, 2.24) is 10.6 Å². The van der Waals surface area contributed by atoms with Gasteiger partial charge >= 0.3 is 12.1 Å². The van der Waals surface area contributed by atoms with E-state index in [9.17, 15) is 19.8 Å². The maximum Gasteiger partial charge on any atom is 0.408 e. The highest BCUT2D eigenvalue weighted by Crippen LogP contribution is 2.33. The molecule has 0 aliphatic heterocycles. The summed E-state index contributed by atoms with van der Waals surface area (Å²) in [6.07, 6.45) is 12.0. The minimum atomic E-state index is -1.66. The summed E-state index contributed by atoms with van der Waals surface area (Å²) in [6.45, 7) is 0.478. The quantitative estimate of drug-likeness (QED) is 0.103. The van der Waals surface area contributed by atoms with E-state index in [4.69, 9.17) is 14.2 Å². The highest BCUT2D eigenvalue weighted by molar-refractivity contribution is 5.80. The van der Waals surface area contributed by atoms with Gasteiger partial charge < -0.3 is 35.1 Å². The number of nitrogens with one attached hydrogen (secondary N) is 2. The summed E-state index contributed by atoms with van der Waals surface area (Å²) >= 11 is 0. The molecule has 0 spiro atoms. The molecule has 2 fully saturated rings. The fraction of sp³-hybridized carbons (Fsp3) is 0.395. The van der Waals surface area contributed by atoms with E-state index in [0.29, 0.717) is 11.5 Å². The van der Waals surface area contributed by atoms with Gasteiger partial charge in [0.2, 0.25) is 0 Å².